The molecular formula is C14H18BrN5O2. The number of carbonyl (C=O) groups excluding carboxylic acids is 1. The maximum absolute atomic E-state index is 11.7. The van der Waals surface area contributed by atoms with Crippen LogP contribution in [0.25, 0.3) is 0 Å². The Morgan fingerprint density at radius 2 is 2.27 bits per heavy atom. The molecule has 0 saturated heterocycles. The van der Waals surface area contributed by atoms with Gasteiger partial charge in [-0.25, -0.2) is 0 Å². The Morgan fingerprint density at radius 1 is 1.41 bits per heavy atom. The molecule has 2 N–H and O–H groups in total. The van der Waals surface area contributed by atoms with Gasteiger partial charge in [0.2, 0.25) is 5.91 Å². The van der Waals surface area contributed by atoms with Crippen molar-refractivity contribution in [1.29, 1.82) is 0 Å². The van der Waals surface area contributed by atoms with Gasteiger partial charge in [0.05, 0.1) is 18.5 Å². The Labute approximate surface area is 137 Å². The summed E-state index contributed by atoms with van der Waals surface area (Å²) in [7, 11) is 1.60. The minimum atomic E-state index is -0.0945. The topological polar surface area (TPSA) is 81.1 Å². The molecule has 0 fully saturated rings. The van der Waals surface area contributed by atoms with Crippen molar-refractivity contribution in [3.05, 3.63) is 40.9 Å². The van der Waals surface area contributed by atoms with E-state index in [0.717, 1.165) is 15.7 Å². The van der Waals surface area contributed by atoms with E-state index in [9.17, 15) is 4.79 Å². The summed E-state index contributed by atoms with van der Waals surface area (Å²) in [6.45, 7) is 1.82. The van der Waals surface area contributed by atoms with Crippen molar-refractivity contribution in [1.82, 2.24) is 20.1 Å². The molecule has 118 valence electrons. The molecule has 2 heterocycles. The van der Waals surface area contributed by atoms with Crippen molar-refractivity contribution in [2.24, 2.45) is 0 Å². The van der Waals surface area contributed by atoms with Crippen LogP contribution in [0.3, 0.4) is 0 Å². The zero-order valence-corrected chi connectivity index (χ0v) is 13.8. The van der Waals surface area contributed by atoms with Crippen LogP contribution >= 0.6 is 15.9 Å². The van der Waals surface area contributed by atoms with Gasteiger partial charge in [0, 0.05) is 43.3 Å². The zero-order chi connectivity index (χ0) is 15.8. The molecule has 2 aromatic heterocycles. The second-order valence-electron chi connectivity index (χ2n) is 4.63. The highest BCUT2D eigenvalue weighted by molar-refractivity contribution is 9.10. The van der Waals surface area contributed by atoms with Gasteiger partial charge in [0.1, 0.15) is 6.54 Å². The van der Waals surface area contributed by atoms with E-state index >= 15 is 0 Å². The number of anilines is 1. The Kier molecular flexibility index (Phi) is 6.35. The van der Waals surface area contributed by atoms with Crippen molar-refractivity contribution in [3.63, 3.8) is 0 Å². The molecule has 0 radical (unpaired) electrons. The first-order valence-corrected chi connectivity index (χ1v) is 7.58. The number of methoxy groups -OCH3 is 1. The first kappa shape index (κ1) is 16.4. The number of aromatic nitrogens is 3. The third-order valence-electron chi connectivity index (χ3n) is 2.83. The quantitative estimate of drug-likeness (QED) is 0.689. The van der Waals surface area contributed by atoms with E-state index < -0.39 is 0 Å². The van der Waals surface area contributed by atoms with Crippen LogP contribution in [-0.4, -0.2) is 40.9 Å². The van der Waals surface area contributed by atoms with E-state index in [4.69, 9.17) is 4.74 Å². The molecule has 2 aromatic rings. The number of hydrogen-bond donors (Lipinski definition) is 2. The summed E-state index contributed by atoms with van der Waals surface area (Å²) < 4.78 is 7.40. The van der Waals surface area contributed by atoms with Crippen LogP contribution in [0.2, 0.25) is 0 Å². The number of rotatable bonds is 8. The maximum atomic E-state index is 11.7. The number of pyridine rings is 1. The number of nitrogens with zero attached hydrogens (tertiary/aromatic N) is 3. The van der Waals surface area contributed by atoms with Crippen LogP contribution in [-0.2, 0) is 22.6 Å². The van der Waals surface area contributed by atoms with Gasteiger partial charge in [-0.15, -0.1) is 0 Å². The number of amides is 1. The summed E-state index contributed by atoms with van der Waals surface area (Å²) in [5.41, 5.74) is 1.91. The minimum Gasteiger partial charge on any atom is -0.383 e. The zero-order valence-electron chi connectivity index (χ0n) is 12.3. The molecule has 7 nitrogen and oxygen atoms in total. The van der Waals surface area contributed by atoms with Crippen LogP contribution in [0.1, 0.15) is 5.56 Å². The third-order valence-corrected chi connectivity index (χ3v) is 3.26. The van der Waals surface area contributed by atoms with Crippen molar-refractivity contribution < 1.29 is 9.53 Å². The highest BCUT2D eigenvalue weighted by Crippen LogP contribution is 2.12. The fraction of sp³-hybridized carbons (Fsp3) is 0.357. The molecule has 22 heavy (non-hydrogen) atoms. The highest BCUT2D eigenvalue weighted by atomic mass is 79.9. The molecular weight excluding hydrogens is 350 g/mol. The van der Waals surface area contributed by atoms with E-state index in [1.165, 1.54) is 0 Å². The molecule has 0 spiro atoms. The highest BCUT2D eigenvalue weighted by Gasteiger charge is 2.04. The average Bonchev–Trinajstić information content (AvgIpc) is 2.93. The third kappa shape index (κ3) is 5.45. The van der Waals surface area contributed by atoms with Gasteiger partial charge in [0.25, 0.3) is 0 Å². The lowest BCUT2D eigenvalue weighted by molar-refractivity contribution is -0.122. The second kappa shape index (κ2) is 8.50. The molecule has 1 amide bonds. The van der Waals surface area contributed by atoms with Crippen LogP contribution in [0.5, 0.6) is 0 Å². The van der Waals surface area contributed by atoms with E-state index in [1.807, 2.05) is 6.07 Å². The van der Waals surface area contributed by atoms with Crippen molar-refractivity contribution in [2.75, 3.05) is 25.6 Å². The molecule has 0 saturated carbocycles. The van der Waals surface area contributed by atoms with E-state index in [0.29, 0.717) is 19.7 Å². The number of carbonyl (C=O) groups is 1. The first-order chi connectivity index (χ1) is 10.7. The standard InChI is InChI=1S/C14H18BrN5O2/c1-22-3-2-17-14(21)10-20-9-13(8-19-20)18-6-11-4-12(15)7-16-5-11/h4-5,7-9,18H,2-3,6,10H2,1H3,(H,17,21). The molecule has 0 aliphatic rings. The number of hydrogen-bond acceptors (Lipinski definition) is 5. The molecule has 8 heteroatoms. The minimum absolute atomic E-state index is 0.0945. The SMILES string of the molecule is COCCNC(=O)Cn1cc(NCc2cncc(Br)c2)cn1. The Hall–Kier alpha value is -1.93. The lowest BCUT2D eigenvalue weighted by Gasteiger charge is -2.05. The van der Waals surface area contributed by atoms with Gasteiger partial charge in [-0.2, -0.15) is 5.10 Å². The molecule has 2 rings (SSSR count). The molecule has 0 unspecified atom stereocenters. The Balaban J connectivity index is 1.80. The lowest BCUT2D eigenvalue weighted by atomic mass is 10.3. The summed E-state index contributed by atoms with van der Waals surface area (Å²) in [4.78, 5) is 15.8. The lowest BCUT2D eigenvalue weighted by Crippen LogP contribution is -2.30. The second-order valence-corrected chi connectivity index (χ2v) is 5.55. The summed E-state index contributed by atoms with van der Waals surface area (Å²) in [6.07, 6.45) is 7.02. The molecule has 0 aliphatic carbocycles. The van der Waals surface area contributed by atoms with Gasteiger partial charge < -0.3 is 15.4 Å². The van der Waals surface area contributed by atoms with Crippen LogP contribution in [0.15, 0.2) is 35.3 Å². The Bertz CT molecular complexity index is 617. The van der Waals surface area contributed by atoms with Crippen LogP contribution in [0, 0.1) is 0 Å². The summed E-state index contributed by atoms with van der Waals surface area (Å²) >= 11 is 3.39. The molecule has 0 aliphatic heterocycles. The number of halogens is 1. The predicted octanol–water partition coefficient (Wildman–Crippen LogP) is 1.42. The van der Waals surface area contributed by atoms with E-state index in [-0.39, 0.29) is 12.5 Å². The normalized spacial score (nSPS) is 10.5. The van der Waals surface area contributed by atoms with Crippen LogP contribution in [0.4, 0.5) is 5.69 Å². The Morgan fingerprint density at radius 3 is 3.05 bits per heavy atom. The van der Waals surface area contributed by atoms with Gasteiger partial charge in [-0.1, -0.05) is 0 Å². The van der Waals surface area contributed by atoms with Gasteiger partial charge >= 0.3 is 0 Å². The number of ether oxygens (including phenoxy) is 1. The number of nitrogens with one attached hydrogen (secondary N) is 2. The van der Waals surface area contributed by atoms with Gasteiger partial charge in [-0.3, -0.25) is 14.5 Å². The van der Waals surface area contributed by atoms with Crippen molar-refractivity contribution >= 4 is 27.5 Å². The van der Waals surface area contributed by atoms with Gasteiger partial charge in [0.15, 0.2) is 0 Å². The van der Waals surface area contributed by atoms with Crippen molar-refractivity contribution in [2.45, 2.75) is 13.1 Å². The summed E-state index contributed by atoms with van der Waals surface area (Å²) in [5.74, 6) is -0.0945. The summed E-state index contributed by atoms with van der Waals surface area (Å²) in [6, 6.07) is 1.99. The molecule has 0 aromatic carbocycles. The summed E-state index contributed by atoms with van der Waals surface area (Å²) in [5, 5.41) is 10.1. The van der Waals surface area contributed by atoms with E-state index in [1.54, 1.807) is 36.6 Å². The predicted molar refractivity (Wildman–Crippen MR) is 86.4 cm³/mol. The van der Waals surface area contributed by atoms with Crippen LogP contribution < -0.4 is 10.6 Å². The first-order valence-electron chi connectivity index (χ1n) is 6.79. The average molecular weight is 368 g/mol. The molecule has 0 atom stereocenters. The largest absolute Gasteiger partial charge is 0.383 e. The van der Waals surface area contributed by atoms with E-state index in [2.05, 4.69) is 36.6 Å². The fourth-order valence-electron chi connectivity index (χ4n) is 1.79. The van der Waals surface area contributed by atoms with Crippen molar-refractivity contribution in [3.8, 4) is 0 Å². The monoisotopic (exact) mass is 367 g/mol. The maximum Gasteiger partial charge on any atom is 0.241 e. The van der Waals surface area contributed by atoms with Gasteiger partial charge in [-0.05, 0) is 27.6 Å². The smallest absolute Gasteiger partial charge is 0.241 e. The fourth-order valence-corrected chi connectivity index (χ4v) is 2.21. The molecule has 0 bridgehead atoms.